The van der Waals surface area contributed by atoms with Crippen LogP contribution >= 0.6 is 35.0 Å². The van der Waals surface area contributed by atoms with E-state index in [2.05, 4.69) is 15.1 Å². The lowest BCUT2D eigenvalue weighted by Crippen LogP contribution is -2.49. The first kappa shape index (κ1) is 21.0. The van der Waals surface area contributed by atoms with Crippen molar-refractivity contribution >= 4 is 46.6 Å². The van der Waals surface area contributed by atoms with E-state index in [-0.39, 0.29) is 5.91 Å². The molecule has 4 rings (SSSR count). The molecule has 1 amide bonds. The number of hydrogen-bond donors (Lipinski definition) is 0. The number of halogens is 2. The van der Waals surface area contributed by atoms with Gasteiger partial charge < -0.3 is 14.4 Å². The van der Waals surface area contributed by atoms with Gasteiger partial charge in [0.2, 0.25) is 5.91 Å². The zero-order chi connectivity index (χ0) is 21.1. The minimum absolute atomic E-state index is 0.105. The number of hydrogen-bond acceptors (Lipinski definition) is 5. The van der Waals surface area contributed by atoms with Gasteiger partial charge in [0.15, 0.2) is 11.0 Å². The molecule has 1 saturated heterocycles. The summed E-state index contributed by atoms with van der Waals surface area (Å²) >= 11 is 13.8. The number of benzene rings is 2. The van der Waals surface area contributed by atoms with E-state index in [1.807, 2.05) is 65.0 Å². The lowest BCUT2D eigenvalue weighted by Gasteiger charge is -2.36. The van der Waals surface area contributed by atoms with Crippen LogP contribution in [-0.2, 0) is 11.8 Å². The van der Waals surface area contributed by atoms with Crippen molar-refractivity contribution in [3.8, 4) is 11.4 Å². The Bertz CT molecular complexity index is 1050. The van der Waals surface area contributed by atoms with Gasteiger partial charge in [-0.05, 0) is 30.3 Å². The van der Waals surface area contributed by atoms with Crippen molar-refractivity contribution in [2.75, 3.05) is 36.8 Å². The van der Waals surface area contributed by atoms with Crippen molar-refractivity contribution in [3.05, 3.63) is 58.6 Å². The van der Waals surface area contributed by atoms with Crippen LogP contribution in [0.3, 0.4) is 0 Å². The minimum Gasteiger partial charge on any atom is -0.368 e. The summed E-state index contributed by atoms with van der Waals surface area (Å²) in [5.41, 5.74) is 1.92. The van der Waals surface area contributed by atoms with Gasteiger partial charge in [-0.2, -0.15) is 0 Å². The maximum absolute atomic E-state index is 12.7. The molecule has 1 aliphatic rings. The van der Waals surface area contributed by atoms with Crippen molar-refractivity contribution in [2.24, 2.45) is 7.05 Å². The summed E-state index contributed by atoms with van der Waals surface area (Å²) < 4.78 is 1.87. The fraction of sp³-hybridized carbons (Fsp3) is 0.286. The third-order valence-corrected chi connectivity index (χ3v) is 6.65. The van der Waals surface area contributed by atoms with E-state index < -0.39 is 0 Å². The number of carbonyl (C=O) groups excluding carboxylic acids is 1. The molecule has 0 N–H and O–H groups in total. The highest BCUT2D eigenvalue weighted by atomic mass is 35.5. The topological polar surface area (TPSA) is 54.3 Å². The van der Waals surface area contributed by atoms with Crippen molar-refractivity contribution in [2.45, 2.75) is 5.16 Å². The van der Waals surface area contributed by atoms with Crippen LogP contribution in [0.1, 0.15) is 0 Å². The molecule has 0 atom stereocenters. The normalized spacial score (nSPS) is 14.2. The maximum Gasteiger partial charge on any atom is 0.233 e. The van der Waals surface area contributed by atoms with Crippen LogP contribution in [0, 0.1) is 0 Å². The Balaban J connectivity index is 1.33. The van der Waals surface area contributed by atoms with E-state index in [4.69, 9.17) is 23.2 Å². The standard InChI is InChI=1S/C21H21Cl2N5OS/c1-26-20(17-7-2-3-8-18(17)23)24-25-21(26)30-14-19(29)28-11-9-27(10-12-28)16-6-4-5-15(22)13-16/h2-8,13H,9-12,14H2,1H3. The molecule has 0 aliphatic carbocycles. The Morgan fingerprint density at radius 1 is 1.03 bits per heavy atom. The molecule has 0 unspecified atom stereocenters. The van der Waals surface area contributed by atoms with E-state index >= 15 is 0 Å². The predicted molar refractivity (Wildman–Crippen MR) is 122 cm³/mol. The number of rotatable bonds is 5. The van der Waals surface area contributed by atoms with Crippen LogP contribution in [0.15, 0.2) is 53.7 Å². The van der Waals surface area contributed by atoms with Crippen molar-refractivity contribution in [1.29, 1.82) is 0 Å². The molecule has 2 heterocycles. The average Bonchev–Trinajstić information content (AvgIpc) is 3.12. The summed E-state index contributed by atoms with van der Waals surface area (Å²) in [5, 5.41) is 10.5. The van der Waals surface area contributed by atoms with E-state index in [1.165, 1.54) is 11.8 Å². The molecule has 0 bridgehead atoms. The largest absolute Gasteiger partial charge is 0.368 e. The van der Waals surface area contributed by atoms with Crippen molar-refractivity contribution in [3.63, 3.8) is 0 Å². The van der Waals surface area contributed by atoms with Gasteiger partial charge in [0.05, 0.1) is 10.8 Å². The fourth-order valence-corrected chi connectivity index (χ4v) is 4.64. The molecule has 3 aromatic rings. The van der Waals surface area contributed by atoms with Gasteiger partial charge in [-0.25, -0.2) is 0 Å². The lowest BCUT2D eigenvalue weighted by molar-refractivity contribution is -0.128. The highest BCUT2D eigenvalue weighted by Gasteiger charge is 2.22. The van der Waals surface area contributed by atoms with Gasteiger partial charge in [0.1, 0.15) is 0 Å². The Labute approximate surface area is 189 Å². The maximum atomic E-state index is 12.7. The Morgan fingerprint density at radius 2 is 1.80 bits per heavy atom. The summed E-state index contributed by atoms with van der Waals surface area (Å²) in [6, 6.07) is 15.3. The van der Waals surface area contributed by atoms with Crippen LogP contribution in [-0.4, -0.2) is 57.5 Å². The van der Waals surface area contributed by atoms with Gasteiger partial charge in [-0.3, -0.25) is 4.79 Å². The first-order chi connectivity index (χ1) is 14.5. The average molecular weight is 462 g/mol. The second-order valence-electron chi connectivity index (χ2n) is 6.98. The number of thioether (sulfide) groups is 1. The highest BCUT2D eigenvalue weighted by Crippen LogP contribution is 2.28. The second kappa shape index (κ2) is 9.29. The van der Waals surface area contributed by atoms with Gasteiger partial charge in [0.25, 0.3) is 0 Å². The molecule has 6 nitrogen and oxygen atoms in total. The van der Waals surface area contributed by atoms with E-state index in [0.29, 0.717) is 34.8 Å². The Hall–Kier alpha value is -2.22. The molecule has 9 heteroatoms. The molecular formula is C21H21Cl2N5OS. The van der Waals surface area contributed by atoms with Crippen LogP contribution in [0.4, 0.5) is 5.69 Å². The molecule has 2 aromatic carbocycles. The molecule has 0 saturated carbocycles. The minimum atomic E-state index is 0.105. The first-order valence-corrected chi connectivity index (χ1v) is 11.3. The SMILES string of the molecule is Cn1c(SCC(=O)N2CCN(c3cccc(Cl)c3)CC2)nnc1-c1ccccc1Cl. The molecule has 1 fully saturated rings. The van der Waals surface area contributed by atoms with E-state index in [1.54, 1.807) is 0 Å². The number of amides is 1. The number of carbonyl (C=O) groups is 1. The molecule has 0 spiro atoms. The zero-order valence-electron chi connectivity index (χ0n) is 16.5. The lowest BCUT2D eigenvalue weighted by atomic mass is 10.2. The summed E-state index contributed by atoms with van der Waals surface area (Å²) in [6.07, 6.45) is 0. The number of nitrogens with zero attached hydrogens (tertiary/aromatic N) is 5. The second-order valence-corrected chi connectivity index (χ2v) is 8.77. The molecular weight excluding hydrogens is 441 g/mol. The van der Waals surface area contributed by atoms with Crippen LogP contribution in [0.2, 0.25) is 10.0 Å². The Kier molecular flexibility index (Phi) is 6.51. The fourth-order valence-electron chi connectivity index (χ4n) is 3.42. The quantitative estimate of drug-likeness (QED) is 0.532. The van der Waals surface area contributed by atoms with Crippen LogP contribution < -0.4 is 4.90 Å². The van der Waals surface area contributed by atoms with Gasteiger partial charge >= 0.3 is 0 Å². The Morgan fingerprint density at radius 3 is 2.53 bits per heavy atom. The first-order valence-electron chi connectivity index (χ1n) is 9.58. The smallest absolute Gasteiger partial charge is 0.233 e. The van der Waals surface area contributed by atoms with Crippen LogP contribution in [0.25, 0.3) is 11.4 Å². The molecule has 1 aliphatic heterocycles. The number of anilines is 1. The van der Waals surface area contributed by atoms with Gasteiger partial charge in [0, 0.05) is 49.5 Å². The summed E-state index contributed by atoms with van der Waals surface area (Å²) in [4.78, 5) is 16.9. The zero-order valence-corrected chi connectivity index (χ0v) is 18.8. The number of aromatic nitrogens is 3. The molecule has 1 aromatic heterocycles. The molecule has 30 heavy (non-hydrogen) atoms. The highest BCUT2D eigenvalue weighted by molar-refractivity contribution is 7.99. The summed E-state index contributed by atoms with van der Waals surface area (Å²) in [5.74, 6) is 1.12. The third kappa shape index (κ3) is 4.58. The van der Waals surface area contributed by atoms with Crippen molar-refractivity contribution in [1.82, 2.24) is 19.7 Å². The van der Waals surface area contributed by atoms with E-state index in [0.717, 1.165) is 29.4 Å². The van der Waals surface area contributed by atoms with Gasteiger partial charge in [-0.15, -0.1) is 10.2 Å². The van der Waals surface area contributed by atoms with Crippen LogP contribution in [0.5, 0.6) is 0 Å². The summed E-state index contributed by atoms with van der Waals surface area (Å²) in [6.45, 7) is 2.96. The summed E-state index contributed by atoms with van der Waals surface area (Å²) in [7, 11) is 1.88. The van der Waals surface area contributed by atoms with Crippen molar-refractivity contribution < 1.29 is 4.79 Å². The monoisotopic (exact) mass is 461 g/mol. The number of piperazine rings is 1. The van der Waals surface area contributed by atoms with Gasteiger partial charge in [-0.1, -0.05) is 53.2 Å². The van der Waals surface area contributed by atoms with E-state index in [9.17, 15) is 4.79 Å². The molecule has 0 radical (unpaired) electrons. The predicted octanol–water partition coefficient (Wildman–Crippen LogP) is 4.23. The third-order valence-electron chi connectivity index (χ3n) is 5.08. The molecule has 156 valence electrons.